The van der Waals surface area contributed by atoms with E-state index in [1.54, 1.807) is 6.20 Å². The number of aromatic nitrogens is 1. The molecule has 1 N–H and O–H groups in total. The Kier molecular flexibility index (Phi) is 5.82. The Labute approximate surface area is 155 Å². The summed E-state index contributed by atoms with van der Waals surface area (Å²) < 4.78 is 11.6. The zero-order chi connectivity index (χ0) is 17.8. The molecular formula is C20H29N3O3. The lowest BCUT2D eigenvalue weighted by atomic mass is 9.90. The maximum Gasteiger partial charge on any atom is 0.249 e. The van der Waals surface area contributed by atoms with Crippen molar-refractivity contribution < 1.29 is 14.3 Å². The maximum atomic E-state index is 12.5. The predicted molar refractivity (Wildman–Crippen MR) is 97.7 cm³/mol. The predicted octanol–water partition coefficient (Wildman–Crippen LogP) is 1.40. The molecule has 0 bridgehead atoms. The third kappa shape index (κ3) is 4.24. The molecule has 26 heavy (non-hydrogen) atoms. The minimum Gasteiger partial charge on any atom is -0.381 e. The summed E-state index contributed by atoms with van der Waals surface area (Å²) in [6, 6.07) is 6.48. The van der Waals surface area contributed by atoms with Gasteiger partial charge in [-0.3, -0.25) is 14.7 Å². The highest BCUT2D eigenvalue weighted by Gasteiger charge is 2.42. The maximum absolute atomic E-state index is 12.5. The van der Waals surface area contributed by atoms with Crippen LogP contribution in [0.2, 0.25) is 0 Å². The van der Waals surface area contributed by atoms with Crippen molar-refractivity contribution in [1.82, 2.24) is 15.2 Å². The summed E-state index contributed by atoms with van der Waals surface area (Å²) in [7, 11) is 0. The highest BCUT2D eigenvalue weighted by atomic mass is 16.5. The van der Waals surface area contributed by atoms with Gasteiger partial charge in [-0.25, -0.2) is 0 Å². The van der Waals surface area contributed by atoms with Gasteiger partial charge in [0.2, 0.25) is 5.91 Å². The molecule has 1 aromatic rings. The molecule has 0 spiro atoms. The number of ether oxygens (including phenoxy) is 2. The zero-order valence-electron chi connectivity index (χ0n) is 15.3. The Morgan fingerprint density at radius 1 is 1.27 bits per heavy atom. The second kappa shape index (κ2) is 8.46. The van der Waals surface area contributed by atoms with Crippen LogP contribution in [0.3, 0.4) is 0 Å². The number of pyridine rings is 1. The first-order valence-electron chi connectivity index (χ1n) is 9.94. The van der Waals surface area contributed by atoms with Gasteiger partial charge in [0.25, 0.3) is 0 Å². The van der Waals surface area contributed by atoms with Crippen LogP contribution in [-0.4, -0.2) is 66.9 Å². The first-order chi connectivity index (χ1) is 12.8. The molecule has 3 aliphatic rings. The number of fused-ring (bicyclic) bond motifs is 1. The summed E-state index contributed by atoms with van der Waals surface area (Å²) in [5.74, 6) is 0.561. The highest BCUT2D eigenvalue weighted by molar-refractivity contribution is 5.81. The minimum atomic E-state index is -0.289. The van der Waals surface area contributed by atoms with Gasteiger partial charge in [-0.15, -0.1) is 0 Å². The first-order valence-corrected chi connectivity index (χ1v) is 9.94. The summed E-state index contributed by atoms with van der Waals surface area (Å²) in [5, 5.41) is 3.02. The van der Waals surface area contributed by atoms with E-state index in [9.17, 15) is 4.79 Å². The second-order valence-corrected chi connectivity index (χ2v) is 7.65. The van der Waals surface area contributed by atoms with Gasteiger partial charge >= 0.3 is 0 Å². The molecule has 0 unspecified atom stereocenters. The topological polar surface area (TPSA) is 63.7 Å². The van der Waals surface area contributed by atoms with Gasteiger partial charge in [0, 0.05) is 50.7 Å². The number of nitrogens with one attached hydrogen (secondary N) is 1. The fourth-order valence-electron chi connectivity index (χ4n) is 4.48. The number of likely N-dealkylation sites (tertiary alicyclic amines) is 1. The summed E-state index contributed by atoms with van der Waals surface area (Å²) in [4.78, 5) is 19.3. The van der Waals surface area contributed by atoms with Crippen molar-refractivity contribution >= 4 is 5.91 Å². The van der Waals surface area contributed by atoms with Crippen LogP contribution in [0.15, 0.2) is 24.4 Å². The van der Waals surface area contributed by atoms with Gasteiger partial charge in [0.1, 0.15) is 6.10 Å². The largest absolute Gasteiger partial charge is 0.381 e. The molecule has 0 radical (unpaired) electrons. The molecule has 142 valence electrons. The lowest BCUT2D eigenvalue weighted by molar-refractivity contribution is -0.133. The summed E-state index contributed by atoms with van der Waals surface area (Å²) in [6.45, 7) is 4.45. The van der Waals surface area contributed by atoms with Crippen LogP contribution in [0.25, 0.3) is 0 Å². The van der Waals surface area contributed by atoms with Gasteiger partial charge in [0.05, 0.1) is 6.10 Å². The Hall–Kier alpha value is -1.50. The standard InChI is InChI=1S/C20H29N3O3/c24-20(22-9-4-16-3-1-2-8-21-16)18-13-15-5-10-23(14-19(15)26-18)17-6-11-25-12-7-17/h1-3,8,15,17-19H,4-7,9-14H2,(H,22,24)/t15-,18-,19+/m0/s1. The van der Waals surface area contributed by atoms with Crippen LogP contribution in [0.1, 0.15) is 31.4 Å². The van der Waals surface area contributed by atoms with E-state index in [2.05, 4.69) is 15.2 Å². The Bertz CT molecular complexity index is 591. The minimum absolute atomic E-state index is 0.0351. The molecule has 6 nitrogen and oxygen atoms in total. The molecule has 3 saturated heterocycles. The number of carbonyl (C=O) groups excluding carboxylic acids is 1. The van der Waals surface area contributed by atoms with Crippen LogP contribution in [0, 0.1) is 5.92 Å². The Balaban J connectivity index is 1.23. The molecule has 1 aromatic heterocycles. The Morgan fingerprint density at radius 2 is 2.15 bits per heavy atom. The number of hydrogen-bond donors (Lipinski definition) is 1. The van der Waals surface area contributed by atoms with E-state index in [4.69, 9.17) is 9.47 Å². The van der Waals surface area contributed by atoms with E-state index in [1.165, 1.54) is 0 Å². The van der Waals surface area contributed by atoms with Gasteiger partial charge in [-0.1, -0.05) is 6.07 Å². The van der Waals surface area contributed by atoms with Crippen LogP contribution in [0.5, 0.6) is 0 Å². The fraction of sp³-hybridized carbons (Fsp3) is 0.700. The van der Waals surface area contributed by atoms with Crippen molar-refractivity contribution in [2.75, 3.05) is 32.8 Å². The zero-order valence-corrected chi connectivity index (χ0v) is 15.3. The Morgan fingerprint density at radius 3 is 2.96 bits per heavy atom. The van der Waals surface area contributed by atoms with Crippen LogP contribution >= 0.6 is 0 Å². The molecule has 3 aliphatic heterocycles. The molecule has 0 aromatic carbocycles. The lowest BCUT2D eigenvalue weighted by Gasteiger charge is -2.40. The quantitative estimate of drug-likeness (QED) is 0.861. The van der Waals surface area contributed by atoms with Crippen LogP contribution in [0.4, 0.5) is 0 Å². The average molecular weight is 359 g/mol. The molecule has 4 rings (SSSR count). The SMILES string of the molecule is O=C(NCCc1ccccn1)[C@@H]1C[C@@H]2CCN(C3CCOCC3)C[C@H]2O1. The molecule has 6 heteroatoms. The van der Waals surface area contributed by atoms with Crippen molar-refractivity contribution in [1.29, 1.82) is 0 Å². The molecule has 0 aliphatic carbocycles. The molecular weight excluding hydrogens is 330 g/mol. The van der Waals surface area contributed by atoms with Crippen molar-refractivity contribution in [3.05, 3.63) is 30.1 Å². The smallest absolute Gasteiger partial charge is 0.249 e. The van der Waals surface area contributed by atoms with Gasteiger partial charge in [-0.2, -0.15) is 0 Å². The number of amides is 1. The van der Waals surface area contributed by atoms with E-state index in [0.29, 0.717) is 18.5 Å². The van der Waals surface area contributed by atoms with Gasteiger partial charge < -0.3 is 14.8 Å². The van der Waals surface area contributed by atoms with Crippen LogP contribution in [-0.2, 0) is 20.7 Å². The summed E-state index contributed by atoms with van der Waals surface area (Å²) >= 11 is 0. The molecule has 1 amide bonds. The van der Waals surface area contributed by atoms with Gasteiger partial charge in [0.15, 0.2) is 0 Å². The average Bonchev–Trinajstić information content (AvgIpc) is 3.13. The monoisotopic (exact) mass is 359 g/mol. The second-order valence-electron chi connectivity index (χ2n) is 7.65. The van der Waals surface area contributed by atoms with E-state index >= 15 is 0 Å². The molecule has 0 saturated carbocycles. The summed E-state index contributed by atoms with van der Waals surface area (Å²) in [6.07, 6.45) is 6.70. The highest BCUT2D eigenvalue weighted by Crippen LogP contribution is 2.34. The third-order valence-corrected chi connectivity index (χ3v) is 5.99. The number of nitrogens with zero attached hydrogens (tertiary/aromatic N) is 2. The van der Waals surface area contributed by atoms with Crippen molar-refractivity contribution in [3.8, 4) is 0 Å². The van der Waals surface area contributed by atoms with E-state index in [0.717, 1.165) is 64.1 Å². The summed E-state index contributed by atoms with van der Waals surface area (Å²) in [5.41, 5.74) is 1.00. The number of piperidine rings is 1. The first kappa shape index (κ1) is 17.9. The van der Waals surface area contributed by atoms with E-state index in [1.807, 2.05) is 18.2 Å². The lowest BCUT2D eigenvalue weighted by Crippen LogP contribution is -2.49. The fourth-order valence-corrected chi connectivity index (χ4v) is 4.48. The van der Waals surface area contributed by atoms with E-state index in [-0.39, 0.29) is 18.1 Å². The molecule has 3 atom stereocenters. The van der Waals surface area contributed by atoms with Crippen molar-refractivity contribution in [3.63, 3.8) is 0 Å². The molecule has 4 heterocycles. The van der Waals surface area contributed by atoms with Crippen molar-refractivity contribution in [2.24, 2.45) is 5.92 Å². The van der Waals surface area contributed by atoms with Gasteiger partial charge in [-0.05, 0) is 50.3 Å². The number of rotatable bonds is 5. The number of carbonyl (C=O) groups is 1. The van der Waals surface area contributed by atoms with Crippen molar-refractivity contribution in [2.45, 2.75) is 50.4 Å². The van der Waals surface area contributed by atoms with Crippen LogP contribution < -0.4 is 5.32 Å². The molecule has 3 fully saturated rings. The third-order valence-electron chi connectivity index (χ3n) is 5.99. The van der Waals surface area contributed by atoms with E-state index < -0.39 is 0 Å². The normalized spacial score (nSPS) is 30.1. The number of hydrogen-bond acceptors (Lipinski definition) is 5.